The fourth-order valence-corrected chi connectivity index (χ4v) is 2.58. The van der Waals surface area contributed by atoms with Crippen LogP contribution in [0, 0.1) is 3.57 Å². The van der Waals surface area contributed by atoms with Gasteiger partial charge in [0.05, 0.1) is 13.3 Å². The van der Waals surface area contributed by atoms with Gasteiger partial charge in [0.1, 0.15) is 5.75 Å². The van der Waals surface area contributed by atoms with E-state index in [4.69, 9.17) is 4.74 Å². The lowest BCUT2D eigenvalue weighted by atomic mass is 10.2. The lowest BCUT2D eigenvalue weighted by Gasteiger charge is -2.04. The van der Waals surface area contributed by atoms with E-state index >= 15 is 0 Å². The highest BCUT2D eigenvalue weighted by molar-refractivity contribution is 14.1. The second-order valence-corrected chi connectivity index (χ2v) is 6.26. The van der Waals surface area contributed by atoms with E-state index in [1.54, 1.807) is 25.5 Å². The summed E-state index contributed by atoms with van der Waals surface area (Å²) in [5, 5.41) is 3.97. The lowest BCUT2D eigenvalue weighted by molar-refractivity contribution is 0.0955. The Morgan fingerprint density at radius 3 is 2.86 bits per heavy atom. The minimum absolute atomic E-state index is 0.251. The maximum atomic E-state index is 11.9. The Hall–Kier alpha value is -1.41. The molecular formula is C15H12BrIN2O2. The number of ether oxygens (including phenoxy) is 1. The van der Waals surface area contributed by atoms with Gasteiger partial charge in [-0.25, -0.2) is 5.43 Å². The summed E-state index contributed by atoms with van der Waals surface area (Å²) in [4.78, 5) is 11.9. The smallest absolute Gasteiger partial charge is 0.271 e. The molecule has 2 rings (SSSR count). The molecule has 0 radical (unpaired) electrons. The van der Waals surface area contributed by atoms with Crippen LogP contribution in [0.2, 0.25) is 0 Å². The van der Waals surface area contributed by atoms with E-state index in [9.17, 15) is 4.79 Å². The standard InChI is InChI=1S/C15H12BrIN2O2/c1-21-14-6-5-12(16)7-11(14)9-18-19-15(20)10-3-2-4-13(17)8-10/h2-9H,1H3,(H,19,20)/b18-9-. The first-order chi connectivity index (χ1) is 10.1. The van der Waals surface area contributed by atoms with Crippen molar-refractivity contribution in [3.8, 4) is 5.75 Å². The second kappa shape index (κ2) is 7.56. The van der Waals surface area contributed by atoms with Gasteiger partial charge < -0.3 is 4.74 Å². The molecule has 108 valence electrons. The summed E-state index contributed by atoms with van der Waals surface area (Å²) >= 11 is 5.54. The maximum absolute atomic E-state index is 11.9. The van der Waals surface area contributed by atoms with Crippen molar-refractivity contribution in [1.29, 1.82) is 0 Å². The van der Waals surface area contributed by atoms with Gasteiger partial charge >= 0.3 is 0 Å². The summed E-state index contributed by atoms with van der Waals surface area (Å²) in [7, 11) is 1.59. The molecule has 0 spiro atoms. The quantitative estimate of drug-likeness (QED) is 0.430. The molecule has 0 unspecified atom stereocenters. The van der Waals surface area contributed by atoms with Gasteiger partial charge in [-0.3, -0.25) is 4.79 Å². The lowest BCUT2D eigenvalue weighted by Crippen LogP contribution is -2.17. The van der Waals surface area contributed by atoms with Crippen molar-refractivity contribution in [2.75, 3.05) is 7.11 Å². The topological polar surface area (TPSA) is 50.7 Å². The molecule has 0 fully saturated rings. The Kier molecular flexibility index (Phi) is 5.75. The van der Waals surface area contributed by atoms with E-state index in [2.05, 4.69) is 49.0 Å². The van der Waals surface area contributed by atoms with Crippen molar-refractivity contribution in [1.82, 2.24) is 5.43 Å². The third-order valence-electron chi connectivity index (χ3n) is 2.65. The summed E-state index contributed by atoms with van der Waals surface area (Å²) in [5.41, 5.74) is 3.84. The zero-order chi connectivity index (χ0) is 15.2. The van der Waals surface area contributed by atoms with Crippen LogP contribution in [0.3, 0.4) is 0 Å². The average molecular weight is 459 g/mol. The van der Waals surface area contributed by atoms with Crippen molar-refractivity contribution in [3.05, 3.63) is 61.6 Å². The molecule has 4 nitrogen and oxygen atoms in total. The summed E-state index contributed by atoms with van der Waals surface area (Å²) < 4.78 is 7.14. The molecule has 2 aromatic carbocycles. The van der Waals surface area contributed by atoms with E-state index in [0.717, 1.165) is 13.6 Å². The van der Waals surface area contributed by atoms with Crippen LogP contribution in [-0.2, 0) is 0 Å². The third kappa shape index (κ3) is 4.53. The number of carbonyl (C=O) groups is 1. The van der Waals surface area contributed by atoms with E-state index < -0.39 is 0 Å². The van der Waals surface area contributed by atoms with Gasteiger partial charge in [-0.15, -0.1) is 0 Å². The molecule has 0 bridgehead atoms. The number of hydrogen-bond acceptors (Lipinski definition) is 3. The van der Waals surface area contributed by atoms with Crippen molar-refractivity contribution < 1.29 is 9.53 Å². The molecule has 2 aromatic rings. The Morgan fingerprint density at radius 2 is 2.14 bits per heavy atom. The molecule has 0 aliphatic carbocycles. The zero-order valence-electron chi connectivity index (χ0n) is 11.1. The van der Waals surface area contributed by atoms with Crippen LogP contribution in [0.5, 0.6) is 5.75 Å². The van der Waals surface area contributed by atoms with E-state index in [0.29, 0.717) is 11.3 Å². The molecule has 0 atom stereocenters. The predicted octanol–water partition coefficient (Wildman–Crippen LogP) is 3.83. The number of halogens is 2. The number of hydrazone groups is 1. The Morgan fingerprint density at radius 1 is 1.33 bits per heavy atom. The number of amides is 1. The van der Waals surface area contributed by atoms with Crippen LogP contribution >= 0.6 is 38.5 Å². The summed E-state index contributed by atoms with van der Waals surface area (Å²) in [5.74, 6) is 0.434. The zero-order valence-corrected chi connectivity index (χ0v) is 14.9. The first-order valence-electron chi connectivity index (χ1n) is 6.02. The van der Waals surface area contributed by atoms with Crippen LogP contribution in [0.15, 0.2) is 52.0 Å². The molecule has 0 aliphatic heterocycles. The highest BCUT2D eigenvalue weighted by Gasteiger charge is 2.05. The summed E-state index contributed by atoms with van der Waals surface area (Å²) in [6.45, 7) is 0. The Labute approximate surface area is 144 Å². The average Bonchev–Trinajstić information content (AvgIpc) is 2.47. The van der Waals surface area contributed by atoms with Gasteiger partial charge in [-0.2, -0.15) is 5.10 Å². The maximum Gasteiger partial charge on any atom is 0.271 e. The molecule has 6 heteroatoms. The summed E-state index contributed by atoms with van der Waals surface area (Å²) in [6.07, 6.45) is 1.55. The Bertz CT molecular complexity index is 689. The molecule has 0 heterocycles. The highest BCUT2D eigenvalue weighted by Crippen LogP contribution is 2.21. The molecule has 21 heavy (non-hydrogen) atoms. The van der Waals surface area contributed by atoms with Crippen molar-refractivity contribution in [2.24, 2.45) is 5.10 Å². The van der Waals surface area contributed by atoms with Crippen LogP contribution in [0.1, 0.15) is 15.9 Å². The third-order valence-corrected chi connectivity index (χ3v) is 3.81. The van der Waals surface area contributed by atoms with Crippen molar-refractivity contribution >= 4 is 50.6 Å². The van der Waals surface area contributed by atoms with Crippen LogP contribution < -0.4 is 10.2 Å². The SMILES string of the molecule is COc1ccc(Br)cc1/C=N\NC(=O)c1cccc(I)c1. The fourth-order valence-electron chi connectivity index (χ4n) is 1.66. The predicted molar refractivity (Wildman–Crippen MR) is 94.9 cm³/mol. The molecule has 0 saturated carbocycles. The fraction of sp³-hybridized carbons (Fsp3) is 0.0667. The number of nitrogens with one attached hydrogen (secondary N) is 1. The van der Waals surface area contributed by atoms with Crippen LogP contribution in [0.25, 0.3) is 0 Å². The monoisotopic (exact) mass is 458 g/mol. The van der Waals surface area contributed by atoms with E-state index in [1.165, 1.54) is 0 Å². The number of hydrogen-bond donors (Lipinski definition) is 1. The molecule has 1 amide bonds. The molecule has 0 aromatic heterocycles. The number of methoxy groups -OCH3 is 1. The molecular weight excluding hydrogens is 447 g/mol. The van der Waals surface area contributed by atoms with Gasteiger partial charge in [-0.05, 0) is 59.0 Å². The van der Waals surface area contributed by atoms with Gasteiger partial charge in [0.2, 0.25) is 0 Å². The van der Waals surface area contributed by atoms with Crippen LogP contribution in [-0.4, -0.2) is 19.2 Å². The second-order valence-electron chi connectivity index (χ2n) is 4.10. The van der Waals surface area contributed by atoms with E-state index in [1.807, 2.05) is 30.3 Å². The first kappa shape index (κ1) is 16.0. The normalized spacial score (nSPS) is 10.6. The van der Waals surface area contributed by atoms with Gasteiger partial charge in [0, 0.05) is 19.2 Å². The minimum Gasteiger partial charge on any atom is -0.496 e. The Balaban J connectivity index is 2.09. The van der Waals surface area contributed by atoms with Gasteiger partial charge in [-0.1, -0.05) is 22.0 Å². The number of carbonyl (C=O) groups excluding carboxylic acids is 1. The van der Waals surface area contributed by atoms with Crippen molar-refractivity contribution in [2.45, 2.75) is 0 Å². The van der Waals surface area contributed by atoms with Crippen LogP contribution in [0.4, 0.5) is 0 Å². The molecule has 0 aliphatic rings. The number of benzene rings is 2. The van der Waals surface area contributed by atoms with Gasteiger partial charge in [0.25, 0.3) is 5.91 Å². The molecule has 1 N–H and O–H groups in total. The summed E-state index contributed by atoms with van der Waals surface area (Å²) in [6, 6.07) is 12.9. The van der Waals surface area contributed by atoms with Gasteiger partial charge in [0.15, 0.2) is 0 Å². The molecule has 0 saturated heterocycles. The van der Waals surface area contributed by atoms with Crippen molar-refractivity contribution in [3.63, 3.8) is 0 Å². The van der Waals surface area contributed by atoms with E-state index in [-0.39, 0.29) is 5.91 Å². The minimum atomic E-state index is -0.251. The largest absolute Gasteiger partial charge is 0.496 e. The highest BCUT2D eigenvalue weighted by atomic mass is 127. The number of rotatable bonds is 4. The number of nitrogens with zero attached hydrogens (tertiary/aromatic N) is 1. The first-order valence-corrected chi connectivity index (χ1v) is 7.90.